The molecule has 0 amide bonds. The van der Waals surface area contributed by atoms with Crippen molar-refractivity contribution >= 4 is 11.9 Å². The van der Waals surface area contributed by atoms with Gasteiger partial charge in [0.1, 0.15) is 6.61 Å². The maximum atomic E-state index is 12.6. The summed E-state index contributed by atoms with van der Waals surface area (Å²) in [4.78, 5) is 25.1. The lowest BCUT2D eigenvalue weighted by atomic mass is 10.0. The van der Waals surface area contributed by atoms with Crippen LogP contribution in [0.4, 0.5) is 0 Å². The van der Waals surface area contributed by atoms with Gasteiger partial charge in [0.25, 0.3) is 0 Å². The second kappa shape index (κ2) is 47.2. The molecule has 0 N–H and O–H groups in total. The molecule has 0 rings (SSSR count). The topological polar surface area (TPSA) is 61.8 Å². The van der Waals surface area contributed by atoms with Crippen LogP contribution in [0.1, 0.15) is 239 Å². The molecular formula is C51H92O5. The van der Waals surface area contributed by atoms with E-state index in [2.05, 4.69) is 69.4 Å². The van der Waals surface area contributed by atoms with E-state index in [1.54, 1.807) is 0 Å². The van der Waals surface area contributed by atoms with E-state index in [4.69, 9.17) is 14.2 Å². The predicted molar refractivity (Wildman–Crippen MR) is 242 cm³/mol. The molecule has 0 fully saturated rings. The Morgan fingerprint density at radius 2 is 0.804 bits per heavy atom. The number of allylic oxidation sites excluding steroid dienone is 8. The minimum absolute atomic E-state index is 0.0800. The Kier molecular flexibility index (Phi) is 45.4. The van der Waals surface area contributed by atoms with E-state index in [9.17, 15) is 9.59 Å². The van der Waals surface area contributed by atoms with Crippen molar-refractivity contribution in [3.05, 3.63) is 48.6 Å². The van der Waals surface area contributed by atoms with Crippen molar-refractivity contribution < 1.29 is 23.8 Å². The lowest BCUT2D eigenvalue weighted by Gasteiger charge is -2.18. The summed E-state index contributed by atoms with van der Waals surface area (Å²) < 4.78 is 17.2. The van der Waals surface area contributed by atoms with Crippen LogP contribution in [-0.4, -0.2) is 37.9 Å². The summed E-state index contributed by atoms with van der Waals surface area (Å²) in [6, 6.07) is 0. The zero-order valence-corrected chi connectivity index (χ0v) is 37.4. The van der Waals surface area contributed by atoms with Crippen molar-refractivity contribution in [2.45, 2.75) is 245 Å². The van der Waals surface area contributed by atoms with Gasteiger partial charge in [-0.2, -0.15) is 0 Å². The molecule has 5 nitrogen and oxygen atoms in total. The fourth-order valence-corrected chi connectivity index (χ4v) is 6.80. The third-order valence-electron chi connectivity index (χ3n) is 10.4. The van der Waals surface area contributed by atoms with E-state index in [0.717, 1.165) is 77.0 Å². The highest BCUT2D eigenvalue weighted by Crippen LogP contribution is 2.15. The Morgan fingerprint density at radius 3 is 1.29 bits per heavy atom. The van der Waals surface area contributed by atoms with Crippen molar-refractivity contribution in [3.8, 4) is 0 Å². The summed E-state index contributed by atoms with van der Waals surface area (Å²) in [6.45, 7) is 7.63. The van der Waals surface area contributed by atoms with Gasteiger partial charge >= 0.3 is 11.9 Å². The molecule has 56 heavy (non-hydrogen) atoms. The number of esters is 2. The first-order chi connectivity index (χ1) is 27.6. The van der Waals surface area contributed by atoms with Crippen molar-refractivity contribution in [2.24, 2.45) is 0 Å². The Hall–Kier alpha value is -2.14. The van der Waals surface area contributed by atoms with Crippen LogP contribution in [0.3, 0.4) is 0 Å². The van der Waals surface area contributed by atoms with E-state index in [1.165, 1.54) is 128 Å². The molecular weight excluding hydrogens is 693 g/mol. The van der Waals surface area contributed by atoms with Gasteiger partial charge in [0.2, 0.25) is 0 Å². The molecule has 0 spiro atoms. The van der Waals surface area contributed by atoms with Gasteiger partial charge in [-0.25, -0.2) is 0 Å². The summed E-state index contributed by atoms with van der Waals surface area (Å²) in [5.74, 6) is -0.413. The van der Waals surface area contributed by atoms with Crippen LogP contribution in [0.2, 0.25) is 0 Å². The average molecular weight is 785 g/mol. The average Bonchev–Trinajstić information content (AvgIpc) is 3.20. The van der Waals surface area contributed by atoms with E-state index in [1.807, 2.05) is 0 Å². The van der Waals surface area contributed by atoms with Gasteiger partial charge in [0, 0.05) is 19.4 Å². The Labute approximate surface area is 348 Å². The first-order valence-electron chi connectivity index (χ1n) is 24.2. The number of rotatable bonds is 44. The van der Waals surface area contributed by atoms with Crippen LogP contribution in [0.15, 0.2) is 48.6 Å². The first kappa shape index (κ1) is 53.9. The fraction of sp³-hybridized carbons (Fsp3) is 0.804. The minimum Gasteiger partial charge on any atom is -0.462 e. The smallest absolute Gasteiger partial charge is 0.306 e. The largest absolute Gasteiger partial charge is 0.462 e. The summed E-state index contributed by atoms with van der Waals surface area (Å²) >= 11 is 0. The number of carbonyl (C=O) groups excluding carboxylic acids is 2. The molecule has 1 unspecified atom stereocenters. The molecule has 0 aromatic carbocycles. The van der Waals surface area contributed by atoms with Gasteiger partial charge in [0.05, 0.1) is 6.61 Å². The number of hydrogen-bond acceptors (Lipinski definition) is 5. The Bertz CT molecular complexity index is 935. The lowest BCUT2D eigenvalue weighted by Crippen LogP contribution is -2.30. The SMILES string of the molecule is CC/C=C\C/C=C\C/C=C\C/C=C\CCCCCCCOCC(COC(=O)CCCCCCCCCCCCCCCCCCC)OC(=O)CCCCCCC. The van der Waals surface area contributed by atoms with Crippen LogP contribution in [0.25, 0.3) is 0 Å². The highest BCUT2D eigenvalue weighted by Gasteiger charge is 2.17. The maximum absolute atomic E-state index is 12.6. The highest BCUT2D eigenvalue weighted by molar-refractivity contribution is 5.70. The number of carbonyl (C=O) groups is 2. The van der Waals surface area contributed by atoms with E-state index >= 15 is 0 Å². The second-order valence-corrected chi connectivity index (χ2v) is 16.0. The number of ether oxygens (including phenoxy) is 3. The van der Waals surface area contributed by atoms with Crippen molar-refractivity contribution in [1.82, 2.24) is 0 Å². The molecule has 0 aliphatic heterocycles. The molecule has 0 heterocycles. The molecule has 0 saturated carbocycles. The molecule has 0 aromatic rings. The molecule has 5 heteroatoms. The van der Waals surface area contributed by atoms with Gasteiger partial charge in [0.15, 0.2) is 6.10 Å². The van der Waals surface area contributed by atoms with Gasteiger partial charge in [-0.3, -0.25) is 9.59 Å². The molecule has 0 aromatic heterocycles. The highest BCUT2D eigenvalue weighted by atomic mass is 16.6. The Morgan fingerprint density at radius 1 is 0.411 bits per heavy atom. The summed E-state index contributed by atoms with van der Waals surface area (Å²) in [7, 11) is 0. The Balaban J connectivity index is 4.05. The summed E-state index contributed by atoms with van der Waals surface area (Å²) in [5, 5.41) is 0. The van der Waals surface area contributed by atoms with Crippen LogP contribution in [0.5, 0.6) is 0 Å². The molecule has 0 bridgehead atoms. The summed E-state index contributed by atoms with van der Waals surface area (Å²) in [5.41, 5.74) is 0. The number of unbranched alkanes of at least 4 members (excludes halogenated alkanes) is 25. The van der Waals surface area contributed by atoms with Gasteiger partial charge in [-0.05, 0) is 57.8 Å². The van der Waals surface area contributed by atoms with Crippen LogP contribution < -0.4 is 0 Å². The fourth-order valence-electron chi connectivity index (χ4n) is 6.80. The van der Waals surface area contributed by atoms with Crippen LogP contribution in [-0.2, 0) is 23.8 Å². The third-order valence-corrected chi connectivity index (χ3v) is 10.4. The zero-order valence-electron chi connectivity index (χ0n) is 37.4. The quantitative estimate of drug-likeness (QED) is 0.0350. The monoisotopic (exact) mass is 785 g/mol. The molecule has 1 atom stereocenters. The lowest BCUT2D eigenvalue weighted by molar-refractivity contribution is -0.163. The predicted octanol–water partition coefficient (Wildman–Crippen LogP) is 16.0. The third kappa shape index (κ3) is 44.6. The number of hydrogen-bond donors (Lipinski definition) is 0. The first-order valence-corrected chi connectivity index (χ1v) is 24.2. The molecule has 0 aliphatic rings. The molecule has 0 radical (unpaired) electrons. The minimum atomic E-state index is -0.538. The maximum Gasteiger partial charge on any atom is 0.306 e. The van der Waals surface area contributed by atoms with Crippen LogP contribution in [0, 0.1) is 0 Å². The van der Waals surface area contributed by atoms with Gasteiger partial charge < -0.3 is 14.2 Å². The van der Waals surface area contributed by atoms with E-state index in [-0.39, 0.29) is 25.2 Å². The van der Waals surface area contributed by atoms with E-state index in [0.29, 0.717) is 19.4 Å². The van der Waals surface area contributed by atoms with Crippen LogP contribution >= 0.6 is 0 Å². The standard InChI is InChI=1S/C51H92O5/c1-4-7-10-13-15-17-19-21-23-25-27-29-31-33-35-37-40-43-46-54-47-49(56-51(53)45-42-38-12-9-6-3)48-55-50(52)44-41-39-36-34-32-30-28-26-24-22-20-18-16-14-11-8-5-2/h7,10,15,17,21,23,27,29,49H,4-6,8-9,11-14,16,18-20,22,24-26,28,30-48H2,1-3H3/b10-7-,17-15-,23-21-,29-27-. The zero-order chi connectivity index (χ0) is 40.7. The van der Waals surface area contributed by atoms with Crippen molar-refractivity contribution in [3.63, 3.8) is 0 Å². The molecule has 0 saturated heterocycles. The molecule has 326 valence electrons. The van der Waals surface area contributed by atoms with Crippen molar-refractivity contribution in [2.75, 3.05) is 19.8 Å². The van der Waals surface area contributed by atoms with Crippen molar-refractivity contribution in [1.29, 1.82) is 0 Å². The normalized spacial score (nSPS) is 12.6. The molecule has 0 aliphatic carbocycles. The van der Waals surface area contributed by atoms with Gasteiger partial charge in [-0.1, -0.05) is 217 Å². The van der Waals surface area contributed by atoms with E-state index < -0.39 is 6.10 Å². The second-order valence-electron chi connectivity index (χ2n) is 16.0. The summed E-state index contributed by atoms with van der Waals surface area (Å²) in [6.07, 6.45) is 57.2. The van der Waals surface area contributed by atoms with Gasteiger partial charge in [-0.15, -0.1) is 0 Å².